The van der Waals surface area contributed by atoms with E-state index in [9.17, 15) is 25.5 Å². The second-order valence-electron chi connectivity index (χ2n) is 8.86. The molecule has 0 spiro atoms. The standard InChI is InChI=1S/C26H36O11/c1-14-22(29)24(31)25(32)26(36-14)35-13-21(23(30)16-7-8-17(28)19(12-16)33-2)37-18-9-6-15(5-4-10-27)11-20(18)34-3/h6-9,11-12,14,21-32H,4-5,10,13H2,1-3H3/t14-,21+,22-,23-,24+,25+,26+/m0/s1. The van der Waals surface area contributed by atoms with E-state index in [4.69, 9.17) is 28.8 Å². The molecule has 0 saturated carbocycles. The second-order valence-corrected chi connectivity index (χ2v) is 8.86. The number of hydrogen-bond acceptors (Lipinski definition) is 11. The molecule has 1 saturated heterocycles. The molecule has 11 heteroatoms. The Bertz CT molecular complexity index is 1000. The summed E-state index contributed by atoms with van der Waals surface area (Å²) in [7, 11) is 2.86. The first kappa shape index (κ1) is 28.9. The van der Waals surface area contributed by atoms with Gasteiger partial charge in [-0.1, -0.05) is 12.1 Å². The maximum atomic E-state index is 11.2. The number of aryl methyl sites for hydroxylation is 1. The summed E-state index contributed by atoms with van der Waals surface area (Å²) >= 11 is 0. The van der Waals surface area contributed by atoms with Crippen LogP contribution in [0.15, 0.2) is 36.4 Å². The van der Waals surface area contributed by atoms with Crippen molar-refractivity contribution in [3.8, 4) is 23.0 Å². The fourth-order valence-corrected chi connectivity index (χ4v) is 4.03. The molecule has 1 aliphatic rings. The van der Waals surface area contributed by atoms with Crippen molar-refractivity contribution in [1.29, 1.82) is 0 Å². The van der Waals surface area contributed by atoms with Gasteiger partial charge in [0, 0.05) is 6.61 Å². The third-order valence-electron chi connectivity index (χ3n) is 6.26. The number of phenolic OH excluding ortho intramolecular Hbond substituents is 1. The first-order valence-electron chi connectivity index (χ1n) is 12.0. The average molecular weight is 525 g/mol. The molecule has 0 bridgehead atoms. The van der Waals surface area contributed by atoms with Gasteiger partial charge in [-0.05, 0) is 55.2 Å². The highest BCUT2D eigenvalue weighted by Crippen LogP contribution is 2.35. The van der Waals surface area contributed by atoms with Gasteiger partial charge in [0.2, 0.25) is 0 Å². The molecule has 0 radical (unpaired) electrons. The van der Waals surface area contributed by atoms with Gasteiger partial charge < -0.3 is 54.3 Å². The minimum atomic E-state index is -1.53. The van der Waals surface area contributed by atoms with Crippen LogP contribution in [0.25, 0.3) is 0 Å². The van der Waals surface area contributed by atoms with Crippen LogP contribution < -0.4 is 14.2 Å². The molecule has 11 nitrogen and oxygen atoms in total. The largest absolute Gasteiger partial charge is 0.504 e. The van der Waals surface area contributed by atoms with Gasteiger partial charge in [0.1, 0.15) is 24.4 Å². The molecule has 37 heavy (non-hydrogen) atoms. The summed E-state index contributed by atoms with van der Waals surface area (Å²) in [5, 5.41) is 60.6. The van der Waals surface area contributed by atoms with Gasteiger partial charge in [0.05, 0.1) is 26.9 Å². The van der Waals surface area contributed by atoms with Crippen LogP contribution in [0.5, 0.6) is 23.0 Å². The molecule has 2 aromatic carbocycles. The Labute approximate surface area is 215 Å². The highest BCUT2D eigenvalue weighted by molar-refractivity contribution is 5.44. The molecule has 0 unspecified atom stereocenters. The minimum absolute atomic E-state index is 0.0572. The number of ether oxygens (including phenoxy) is 5. The maximum absolute atomic E-state index is 11.2. The summed E-state index contributed by atoms with van der Waals surface area (Å²) in [5.41, 5.74) is 1.28. The highest BCUT2D eigenvalue weighted by Gasteiger charge is 2.43. The lowest BCUT2D eigenvalue weighted by Gasteiger charge is -2.39. The van der Waals surface area contributed by atoms with Crippen LogP contribution in [0, 0.1) is 0 Å². The Hall–Kier alpha value is -2.64. The molecular formula is C26H36O11. The number of rotatable bonds is 12. The Morgan fingerprint density at radius 2 is 1.65 bits per heavy atom. The minimum Gasteiger partial charge on any atom is -0.504 e. The Kier molecular flexibility index (Phi) is 10.4. The van der Waals surface area contributed by atoms with E-state index in [-0.39, 0.29) is 24.7 Å². The van der Waals surface area contributed by atoms with Crippen molar-refractivity contribution < 1.29 is 54.3 Å². The van der Waals surface area contributed by atoms with Gasteiger partial charge in [0.15, 0.2) is 35.4 Å². The van der Waals surface area contributed by atoms with Crippen molar-refractivity contribution in [3.05, 3.63) is 47.5 Å². The molecule has 0 aromatic heterocycles. The molecule has 0 aliphatic carbocycles. The smallest absolute Gasteiger partial charge is 0.186 e. The van der Waals surface area contributed by atoms with E-state index in [2.05, 4.69) is 0 Å². The zero-order valence-electron chi connectivity index (χ0n) is 21.1. The van der Waals surface area contributed by atoms with Crippen molar-refractivity contribution in [2.45, 2.75) is 62.7 Å². The first-order valence-corrected chi connectivity index (χ1v) is 12.0. The molecule has 1 heterocycles. The van der Waals surface area contributed by atoms with Crippen molar-refractivity contribution in [2.75, 3.05) is 27.4 Å². The fraction of sp³-hybridized carbons (Fsp3) is 0.538. The summed E-state index contributed by atoms with van der Waals surface area (Å²) < 4.78 is 27.9. The Morgan fingerprint density at radius 3 is 2.32 bits per heavy atom. The number of phenols is 1. The van der Waals surface area contributed by atoms with Gasteiger partial charge in [-0.25, -0.2) is 0 Å². The molecule has 3 rings (SSSR count). The molecule has 7 atom stereocenters. The highest BCUT2D eigenvalue weighted by atomic mass is 16.7. The van der Waals surface area contributed by atoms with Gasteiger partial charge in [-0.15, -0.1) is 0 Å². The average Bonchev–Trinajstić information content (AvgIpc) is 2.91. The van der Waals surface area contributed by atoms with Crippen LogP contribution in [0.3, 0.4) is 0 Å². The number of benzene rings is 2. The van der Waals surface area contributed by atoms with Crippen LogP contribution in [-0.4, -0.2) is 94.9 Å². The Balaban J connectivity index is 1.86. The van der Waals surface area contributed by atoms with Crippen LogP contribution in [0.1, 0.15) is 30.6 Å². The second kappa shape index (κ2) is 13.2. The number of aliphatic hydroxyl groups excluding tert-OH is 5. The maximum Gasteiger partial charge on any atom is 0.186 e. The molecular weight excluding hydrogens is 488 g/mol. The fourth-order valence-electron chi connectivity index (χ4n) is 4.03. The Morgan fingerprint density at radius 1 is 0.919 bits per heavy atom. The van der Waals surface area contributed by atoms with E-state index in [0.717, 1.165) is 5.56 Å². The lowest BCUT2D eigenvalue weighted by molar-refractivity contribution is -0.297. The van der Waals surface area contributed by atoms with Crippen LogP contribution in [0.4, 0.5) is 0 Å². The normalized spacial score (nSPS) is 25.4. The van der Waals surface area contributed by atoms with E-state index < -0.39 is 42.9 Å². The van der Waals surface area contributed by atoms with Crippen LogP contribution in [-0.2, 0) is 15.9 Å². The molecule has 2 aromatic rings. The zero-order chi connectivity index (χ0) is 27.1. The third kappa shape index (κ3) is 7.02. The van der Waals surface area contributed by atoms with E-state index >= 15 is 0 Å². The van der Waals surface area contributed by atoms with E-state index in [1.165, 1.54) is 39.3 Å². The van der Waals surface area contributed by atoms with E-state index in [0.29, 0.717) is 29.9 Å². The van der Waals surface area contributed by atoms with Crippen molar-refractivity contribution in [2.24, 2.45) is 0 Å². The monoisotopic (exact) mass is 524 g/mol. The lowest BCUT2D eigenvalue weighted by atomic mass is 10.00. The van der Waals surface area contributed by atoms with Gasteiger partial charge in [-0.3, -0.25) is 0 Å². The van der Waals surface area contributed by atoms with Crippen LogP contribution in [0.2, 0.25) is 0 Å². The molecule has 0 amide bonds. The van der Waals surface area contributed by atoms with E-state index in [1.54, 1.807) is 12.1 Å². The number of aromatic hydroxyl groups is 1. The number of hydrogen-bond donors (Lipinski definition) is 6. The molecule has 206 valence electrons. The lowest BCUT2D eigenvalue weighted by Crippen LogP contribution is -2.57. The number of aliphatic hydroxyl groups is 5. The number of methoxy groups -OCH3 is 2. The molecule has 6 N–H and O–H groups in total. The van der Waals surface area contributed by atoms with Crippen LogP contribution >= 0.6 is 0 Å². The van der Waals surface area contributed by atoms with Gasteiger partial charge in [-0.2, -0.15) is 0 Å². The van der Waals surface area contributed by atoms with Gasteiger partial charge in [0.25, 0.3) is 0 Å². The van der Waals surface area contributed by atoms with Gasteiger partial charge >= 0.3 is 0 Å². The topological polar surface area (TPSA) is 168 Å². The van der Waals surface area contributed by atoms with Crippen molar-refractivity contribution >= 4 is 0 Å². The molecule has 1 fully saturated rings. The first-order chi connectivity index (χ1) is 17.7. The predicted molar refractivity (Wildman–Crippen MR) is 131 cm³/mol. The summed E-state index contributed by atoms with van der Waals surface area (Å²) in [6, 6.07) is 9.60. The summed E-state index contributed by atoms with van der Waals surface area (Å²) in [5.74, 6) is 0.756. The zero-order valence-corrected chi connectivity index (χ0v) is 21.1. The molecule has 1 aliphatic heterocycles. The summed E-state index contributed by atoms with van der Waals surface area (Å²) in [6.07, 6.45) is -7.52. The van der Waals surface area contributed by atoms with E-state index in [1.807, 2.05) is 6.07 Å². The van der Waals surface area contributed by atoms with Crippen molar-refractivity contribution in [1.82, 2.24) is 0 Å². The summed E-state index contributed by atoms with van der Waals surface area (Å²) in [4.78, 5) is 0. The predicted octanol–water partition coefficient (Wildman–Crippen LogP) is 0.659. The quantitative estimate of drug-likeness (QED) is 0.231. The SMILES string of the molecule is COc1cc([C@H](O)[C@@H](CO[C@@H]2O[C@@H](C)[C@H](O)[C@@H](O)[C@H]2O)Oc2ccc(CCCO)cc2OC)ccc1O. The third-order valence-corrected chi connectivity index (χ3v) is 6.26. The van der Waals surface area contributed by atoms with Crippen molar-refractivity contribution in [3.63, 3.8) is 0 Å². The summed E-state index contributed by atoms with van der Waals surface area (Å²) in [6.45, 7) is 1.30.